The molecule has 84 valence electrons. The minimum absolute atomic E-state index is 0.413. The third-order valence-corrected chi connectivity index (χ3v) is 2.86. The molecule has 2 nitrogen and oxygen atoms in total. The second kappa shape index (κ2) is 5.71. The zero-order valence-corrected chi connectivity index (χ0v) is 11.6. The lowest BCUT2D eigenvalue weighted by atomic mass is 10.3. The molecule has 0 aliphatic carbocycles. The maximum Gasteiger partial charge on any atom is 0.147 e. The summed E-state index contributed by atoms with van der Waals surface area (Å²) in [7, 11) is 0. The lowest BCUT2D eigenvalue weighted by Crippen LogP contribution is -2.32. The van der Waals surface area contributed by atoms with Gasteiger partial charge in [-0.25, -0.2) is 4.98 Å². The van der Waals surface area contributed by atoms with E-state index in [1.807, 2.05) is 6.07 Å². The van der Waals surface area contributed by atoms with Gasteiger partial charge in [0.05, 0.1) is 5.02 Å². The molecule has 0 saturated carbocycles. The van der Waals surface area contributed by atoms with Crippen molar-refractivity contribution in [2.24, 2.45) is 0 Å². The molecule has 0 radical (unpaired) electrons. The van der Waals surface area contributed by atoms with Crippen molar-refractivity contribution in [1.29, 1.82) is 0 Å². The van der Waals surface area contributed by atoms with Gasteiger partial charge in [0.1, 0.15) is 5.82 Å². The van der Waals surface area contributed by atoms with Crippen LogP contribution in [0.1, 0.15) is 27.2 Å². The highest BCUT2D eigenvalue weighted by molar-refractivity contribution is 9.10. The number of aromatic nitrogens is 1. The Hall–Kier alpha value is -0.280. The molecule has 0 amide bonds. The smallest absolute Gasteiger partial charge is 0.147 e. The van der Waals surface area contributed by atoms with Gasteiger partial charge in [0, 0.05) is 23.3 Å². The highest BCUT2D eigenvalue weighted by Crippen LogP contribution is 2.27. The van der Waals surface area contributed by atoms with Gasteiger partial charge in [-0.1, -0.05) is 18.5 Å². The average Bonchev–Trinajstić information content (AvgIpc) is 2.15. The fourth-order valence-electron chi connectivity index (χ4n) is 1.47. The molecule has 1 heterocycles. The maximum atomic E-state index is 6.17. The molecular weight excluding hydrogens is 275 g/mol. The molecule has 4 heteroatoms. The van der Waals surface area contributed by atoms with Crippen LogP contribution in [0.4, 0.5) is 5.82 Å². The highest BCUT2D eigenvalue weighted by atomic mass is 79.9. The van der Waals surface area contributed by atoms with Crippen molar-refractivity contribution >= 4 is 33.3 Å². The van der Waals surface area contributed by atoms with Crippen molar-refractivity contribution in [3.05, 3.63) is 21.8 Å². The van der Waals surface area contributed by atoms with Crippen molar-refractivity contribution in [3.63, 3.8) is 0 Å². The Morgan fingerprint density at radius 3 is 2.67 bits per heavy atom. The Morgan fingerprint density at radius 2 is 2.20 bits per heavy atom. The number of pyridine rings is 1. The van der Waals surface area contributed by atoms with E-state index in [2.05, 4.69) is 46.6 Å². The Balaban J connectivity index is 3.00. The minimum Gasteiger partial charge on any atom is -0.353 e. The summed E-state index contributed by atoms with van der Waals surface area (Å²) in [4.78, 5) is 6.58. The van der Waals surface area contributed by atoms with Crippen molar-refractivity contribution in [1.82, 2.24) is 4.98 Å². The van der Waals surface area contributed by atoms with Crippen LogP contribution in [0.2, 0.25) is 5.02 Å². The molecule has 1 rings (SSSR count). The summed E-state index contributed by atoms with van der Waals surface area (Å²) in [5.41, 5.74) is 0. The lowest BCUT2D eigenvalue weighted by molar-refractivity contribution is 0.662. The molecule has 1 aromatic heterocycles. The van der Waals surface area contributed by atoms with Crippen molar-refractivity contribution in [2.45, 2.75) is 33.2 Å². The van der Waals surface area contributed by atoms with E-state index in [1.54, 1.807) is 6.20 Å². The molecule has 0 aromatic carbocycles. The predicted molar refractivity (Wildman–Crippen MR) is 69.7 cm³/mol. The van der Waals surface area contributed by atoms with Gasteiger partial charge >= 0.3 is 0 Å². The van der Waals surface area contributed by atoms with E-state index >= 15 is 0 Å². The van der Waals surface area contributed by atoms with E-state index in [4.69, 9.17) is 11.6 Å². The van der Waals surface area contributed by atoms with E-state index in [0.29, 0.717) is 11.1 Å². The van der Waals surface area contributed by atoms with Crippen LogP contribution in [0.25, 0.3) is 0 Å². The predicted octanol–water partition coefficient (Wildman–Crippen LogP) is 4.12. The largest absolute Gasteiger partial charge is 0.353 e. The summed E-state index contributed by atoms with van der Waals surface area (Å²) in [6.45, 7) is 7.43. The van der Waals surface area contributed by atoms with Crippen LogP contribution < -0.4 is 4.90 Å². The van der Waals surface area contributed by atoms with Crippen molar-refractivity contribution in [2.75, 3.05) is 11.4 Å². The molecule has 15 heavy (non-hydrogen) atoms. The molecule has 0 saturated heterocycles. The second-order valence-electron chi connectivity index (χ2n) is 3.75. The summed E-state index contributed by atoms with van der Waals surface area (Å²) in [6.07, 6.45) is 2.87. The molecule has 1 aromatic rings. The van der Waals surface area contributed by atoms with Gasteiger partial charge in [0.2, 0.25) is 0 Å². The number of halogens is 2. The second-order valence-corrected chi connectivity index (χ2v) is 5.07. The summed E-state index contributed by atoms with van der Waals surface area (Å²) >= 11 is 9.53. The van der Waals surface area contributed by atoms with Crippen LogP contribution in [0.15, 0.2) is 16.7 Å². The number of anilines is 1. The Bertz CT molecular complexity index is 328. The first-order valence-corrected chi connectivity index (χ1v) is 6.31. The first-order valence-electron chi connectivity index (χ1n) is 5.14. The van der Waals surface area contributed by atoms with Gasteiger partial charge < -0.3 is 4.90 Å². The number of nitrogens with zero attached hydrogens (tertiary/aromatic N) is 2. The van der Waals surface area contributed by atoms with Gasteiger partial charge in [0.15, 0.2) is 0 Å². The molecule has 0 aliphatic heterocycles. The number of hydrogen-bond acceptors (Lipinski definition) is 2. The van der Waals surface area contributed by atoms with Crippen LogP contribution in [-0.4, -0.2) is 17.6 Å². The zero-order valence-electron chi connectivity index (χ0n) is 9.30. The van der Waals surface area contributed by atoms with E-state index in [9.17, 15) is 0 Å². The topological polar surface area (TPSA) is 16.1 Å². The molecule has 0 atom stereocenters. The van der Waals surface area contributed by atoms with Crippen molar-refractivity contribution in [3.8, 4) is 0 Å². The standard InChI is InChI=1S/C11H16BrClN2/c1-4-5-15(8(2)3)11-10(13)6-9(12)7-14-11/h6-8H,4-5H2,1-3H3. The summed E-state index contributed by atoms with van der Waals surface area (Å²) in [6, 6.07) is 2.30. The Labute approximate surface area is 105 Å². The van der Waals surface area contributed by atoms with Crippen LogP contribution in [0.5, 0.6) is 0 Å². The number of rotatable bonds is 4. The van der Waals surface area contributed by atoms with Gasteiger partial charge in [-0.2, -0.15) is 0 Å². The van der Waals surface area contributed by atoms with Crippen molar-refractivity contribution < 1.29 is 0 Å². The average molecular weight is 292 g/mol. The molecule has 0 aliphatic rings. The minimum atomic E-state index is 0.413. The fourth-order valence-corrected chi connectivity index (χ4v) is 2.21. The van der Waals surface area contributed by atoms with Gasteiger partial charge in [0.25, 0.3) is 0 Å². The highest BCUT2D eigenvalue weighted by Gasteiger charge is 2.14. The molecule has 0 bridgehead atoms. The molecule has 0 N–H and O–H groups in total. The van der Waals surface area contributed by atoms with E-state index in [1.165, 1.54) is 0 Å². The fraction of sp³-hybridized carbons (Fsp3) is 0.545. The molecule has 0 fully saturated rings. The normalized spacial score (nSPS) is 10.8. The van der Waals surface area contributed by atoms with E-state index in [-0.39, 0.29) is 0 Å². The molecular formula is C11H16BrClN2. The number of hydrogen-bond donors (Lipinski definition) is 0. The summed E-state index contributed by atoms with van der Waals surface area (Å²) in [5.74, 6) is 0.872. The molecule has 0 unspecified atom stereocenters. The summed E-state index contributed by atoms with van der Waals surface area (Å²) < 4.78 is 0.913. The van der Waals surface area contributed by atoms with Gasteiger partial charge in [-0.3, -0.25) is 0 Å². The quantitative estimate of drug-likeness (QED) is 0.829. The first kappa shape index (κ1) is 12.8. The van der Waals surface area contributed by atoms with Crippen LogP contribution >= 0.6 is 27.5 Å². The van der Waals surface area contributed by atoms with Crippen LogP contribution in [0, 0.1) is 0 Å². The monoisotopic (exact) mass is 290 g/mol. The van der Waals surface area contributed by atoms with E-state index < -0.39 is 0 Å². The van der Waals surface area contributed by atoms with Gasteiger partial charge in [-0.05, 0) is 42.3 Å². The third-order valence-electron chi connectivity index (χ3n) is 2.15. The van der Waals surface area contributed by atoms with E-state index in [0.717, 1.165) is 23.3 Å². The summed E-state index contributed by atoms with van der Waals surface area (Å²) in [5, 5.41) is 0.700. The Kier molecular flexibility index (Phi) is 4.87. The lowest BCUT2D eigenvalue weighted by Gasteiger charge is -2.28. The SMILES string of the molecule is CCCN(c1ncc(Br)cc1Cl)C(C)C. The maximum absolute atomic E-state index is 6.17. The molecule has 0 spiro atoms. The Morgan fingerprint density at radius 1 is 1.53 bits per heavy atom. The first-order chi connectivity index (χ1) is 7.06. The van der Waals surface area contributed by atoms with Crippen LogP contribution in [-0.2, 0) is 0 Å². The zero-order chi connectivity index (χ0) is 11.4. The van der Waals surface area contributed by atoms with Gasteiger partial charge in [-0.15, -0.1) is 0 Å². The third kappa shape index (κ3) is 3.35. The van der Waals surface area contributed by atoms with Crippen LogP contribution in [0.3, 0.4) is 0 Å².